The van der Waals surface area contributed by atoms with Crippen molar-refractivity contribution in [3.05, 3.63) is 16.1 Å². The summed E-state index contributed by atoms with van der Waals surface area (Å²) >= 11 is 1.85. The molecule has 0 spiro atoms. The highest BCUT2D eigenvalue weighted by Crippen LogP contribution is 2.31. The summed E-state index contributed by atoms with van der Waals surface area (Å²) < 4.78 is 5.39. The lowest BCUT2D eigenvalue weighted by Gasteiger charge is -2.20. The molecule has 2 aliphatic heterocycles. The number of nitrogens with zero attached hydrogens (tertiary/aromatic N) is 1. The van der Waals surface area contributed by atoms with E-state index < -0.39 is 0 Å². The molecule has 0 bridgehead atoms. The monoisotopic (exact) mass is 238 g/mol. The van der Waals surface area contributed by atoms with Crippen LogP contribution in [0.25, 0.3) is 0 Å². The molecular formula is C12H18N2OS. The van der Waals surface area contributed by atoms with Gasteiger partial charge in [-0.25, -0.2) is 4.98 Å². The Kier molecular flexibility index (Phi) is 3.22. The highest BCUT2D eigenvalue weighted by atomic mass is 32.1. The predicted octanol–water partition coefficient (Wildman–Crippen LogP) is 2.11. The molecule has 0 radical (unpaired) electrons. The quantitative estimate of drug-likeness (QED) is 0.857. The van der Waals surface area contributed by atoms with Crippen LogP contribution in [0.2, 0.25) is 0 Å². The molecule has 0 aliphatic carbocycles. The highest BCUT2D eigenvalue weighted by Gasteiger charge is 2.23. The largest absolute Gasteiger partial charge is 0.381 e. The van der Waals surface area contributed by atoms with E-state index in [0.29, 0.717) is 11.8 Å². The van der Waals surface area contributed by atoms with Gasteiger partial charge in [0.05, 0.1) is 10.7 Å². The van der Waals surface area contributed by atoms with E-state index in [2.05, 4.69) is 10.7 Å². The summed E-state index contributed by atoms with van der Waals surface area (Å²) in [5, 5.41) is 7.01. The van der Waals surface area contributed by atoms with E-state index >= 15 is 0 Å². The molecule has 88 valence electrons. The van der Waals surface area contributed by atoms with E-state index in [4.69, 9.17) is 9.72 Å². The summed E-state index contributed by atoms with van der Waals surface area (Å²) in [4.78, 5) is 4.84. The van der Waals surface area contributed by atoms with Gasteiger partial charge < -0.3 is 10.1 Å². The second-order valence-electron chi connectivity index (χ2n) is 4.69. The van der Waals surface area contributed by atoms with Gasteiger partial charge in [0, 0.05) is 37.0 Å². The Morgan fingerprint density at radius 3 is 2.88 bits per heavy atom. The van der Waals surface area contributed by atoms with Crippen LogP contribution in [0.5, 0.6) is 0 Å². The third-order valence-electron chi connectivity index (χ3n) is 3.59. The average Bonchev–Trinajstić information content (AvgIpc) is 3.01. The Balaban J connectivity index is 1.71. The van der Waals surface area contributed by atoms with Gasteiger partial charge in [-0.15, -0.1) is 11.3 Å². The van der Waals surface area contributed by atoms with E-state index in [-0.39, 0.29) is 0 Å². The smallest absolute Gasteiger partial charge is 0.0972 e. The van der Waals surface area contributed by atoms with Crippen molar-refractivity contribution >= 4 is 11.3 Å². The standard InChI is InChI=1S/C12H18N2OS/c1-4-13-7-10(1)12-14-11(8-16-12)9-2-5-15-6-3-9/h8-10,13H,1-7H2. The first kappa shape index (κ1) is 10.7. The summed E-state index contributed by atoms with van der Waals surface area (Å²) in [6.07, 6.45) is 3.54. The van der Waals surface area contributed by atoms with E-state index in [1.165, 1.54) is 17.1 Å². The SMILES string of the molecule is c1sc(C2CCNC2)nc1C1CCOCC1. The molecule has 16 heavy (non-hydrogen) atoms. The number of hydrogen-bond donors (Lipinski definition) is 1. The second kappa shape index (κ2) is 4.82. The maximum absolute atomic E-state index is 5.39. The van der Waals surface area contributed by atoms with Gasteiger partial charge in [0.2, 0.25) is 0 Å². The summed E-state index contributed by atoms with van der Waals surface area (Å²) in [7, 11) is 0. The van der Waals surface area contributed by atoms with Crippen LogP contribution < -0.4 is 5.32 Å². The Bertz CT molecular complexity index is 341. The first-order valence-electron chi connectivity index (χ1n) is 6.17. The lowest BCUT2D eigenvalue weighted by molar-refractivity contribution is 0.0846. The van der Waals surface area contributed by atoms with Gasteiger partial charge in [-0.3, -0.25) is 0 Å². The molecule has 1 atom stereocenters. The molecule has 4 heteroatoms. The van der Waals surface area contributed by atoms with E-state index in [0.717, 1.165) is 39.1 Å². The maximum atomic E-state index is 5.39. The van der Waals surface area contributed by atoms with Crippen LogP contribution >= 0.6 is 11.3 Å². The molecule has 1 N–H and O–H groups in total. The third kappa shape index (κ3) is 2.14. The molecule has 2 saturated heterocycles. The zero-order valence-corrected chi connectivity index (χ0v) is 10.3. The average molecular weight is 238 g/mol. The zero-order valence-electron chi connectivity index (χ0n) is 9.45. The lowest BCUT2D eigenvalue weighted by Crippen LogP contribution is -2.14. The molecular weight excluding hydrogens is 220 g/mol. The summed E-state index contributed by atoms with van der Waals surface area (Å²) in [6.45, 7) is 4.07. The first-order valence-corrected chi connectivity index (χ1v) is 7.05. The minimum Gasteiger partial charge on any atom is -0.381 e. The van der Waals surface area contributed by atoms with Crippen LogP contribution in [0.1, 0.15) is 41.8 Å². The second-order valence-corrected chi connectivity index (χ2v) is 5.58. The molecule has 0 amide bonds. The maximum Gasteiger partial charge on any atom is 0.0972 e. The van der Waals surface area contributed by atoms with Crippen molar-refractivity contribution in [1.29, 1.82) is 0 Å². The Labute approximate surface area is 100 Å². The number of ether oxygens (including phenoxy) is 1. The van der Waals surface area contributed by atoms with Crippen molar-refractivity contribution in [1.82, 2.24) is 10.3 Å². The van der Waals surface area contributed by atoms with Crippen molar-refractivity contribution in [3.8, 4) is 0 Å². The van der Waals surface area contributed by atoms with Crippen LogP contribution in [0.15, 0.2) is 5.38 Å². The van der Waals surface area contributed by atoms with Gasteiger partial charge >= 0.3 is 0 Å². The highest BCUT2D eigenvalue weighted by molar-refractivity contribution is 7.09. The molecule has 2 aliphatic rings. The molecule has 3 heterocycles. The topological polar surface area (TPSA) is 34.2 Å². The van der Waals surface area contributed by atoms with Crippen molar-refractivity contribution in [2.24, 2.45) is 0 Å². The fraction of sp³-hybridized carbons (Fsp3) is 0.750. The summed E-state index contributed by atoms with van der Waals surface area (Å²) in [6, 6.07) is 0. The Morgan fingerprint density at radius 2 is 2.12 bits per heavy atom. The number of hydrogen-bond acceptors (Lipinski definition) is 4. The minimum atomic E-state index is 0.646. The Hall–Kier alpha value is -0.450. The normalized spacial score (nSPS) is 27.4. The van der Waals surface area contributed by atoms with E-state index in [9.17, 15) is 0 Å². The summed E-state index contributed by atoms with van der Waals surface area (Å²) in [5.74, 6) is 1.31. The van der Waals surface area contributed by atoms with Gasteiger partial charge in [0.15, 0.2) is 0 Å². The molecule has 3 rings (SSSR count). The van der Waals surface area contributed by atoms with Gasteiger partial charge in [0.25, 0.3) is 0 Å². The molecule has 0 saturated carbocycles. The fourth-order valence-corrected chi connectivity index (χ4v) is 3.57. The number of rotatable bonds is 2. The van der Waals surface area contributed by atoms with Crippen molar-refractivity contribution in [2.45, 2.75) is 31.1 Å². The molecule has 3 nitrogen and oxygen atoms in total. The van der Waals surface area contributed by atoms with Crippen LogP contribution in [0, 0.1) is 0 Å². The van der Waals surface area contributed by atoms with Gasteiger partial charge in [-0.1, -0.05) is 0 Å². The molecule has 0 aromatic carbocycles. The number of nitrogens with one attached hydrogen (secondary N) is 1. The summed E-state index contributed by atoms with van der Waals surface area (Å²) in [5.41, 5.74) is 1.32. The molecule has 1 unspecified atom stereocenters. The lowest BCUT2D eigenvalue weighted by atomic mass is 9.97. The minimum absolute atomic E-state index is 0.646. The first-order chi connectivity index (χ1) is 7.93. The van der Waals surface area contributed by atoms with Gasteiger partial charge in [-0.05, 0) is 25.8 Å². The van der Waals surface area contributed by atoms with Crippen molar-refractivity contribution in [3.63, 3.8) is 0 Å². The number of thiazole rings is 1. The van der Waals surface area contributed by atoms with Gasteiger partial charge in [-0.2, -0.15) is 0 Å². The fourth-order valence-electron chi connectivity index (χ4n) is 2.53. The van der Waals surface area contributed by atoms with Crippen molar-refractivity contribution < 1.29 is 4.74 Å². The zero-order chi connectivity index (χ0) is 10.8. The predicted molar refractivity (Wildman–Crippen MR) is 65.1 cm³/mol. The molecule has 1 aromatic rings. The third-order valence-corrected chi connectivity index (χ3v) is 4.61. The molecule has 2 fully saturated rings. The van der Waals surface area contributed by atoms with Crippen LogP contribution in [0.4, 0.5) is 0 Å². The van der Waals surface area contributed by atoms with Crippen LogP contribution in [-0.2, 0) is 4.74 Å². The van der Waals surface area contributed by atoms with Crippen LogP contribution in [0.3, 0.4) is 0 Å². The van der Waals surface area contributed by atoms with Crippen LogP contribution in [-0.4, -0.2) is 31.3 Å². The van der Waals surface area contributed by atoms with E-state index in [1.807, 2.05) is 11.3 Å². The number of aromatic nitrogens is 1. The van der Waals surface area contributed by atoms with Crippen molar-refractivity contribution in [2.75, 3.05) is 26.3 Å². The van der Waals surface area contributed by atoms with E-state index in [1.54, 1.807) is 0 Å². The molecule has 1 aromatic heterocycles. The Morgan fingerprint density at radius 1 is 1.25 bits per heavy atom. The van der Waals surface area contributed by atoms with Gasteiger partial charge in [0.1, 0.15) is 0 Å².